The zero-order chi connectivity index (χ0) is 20.0. The van der Waals surface area contributed by atoms with E-state index in [0.717, 1.165) is 0 Å². The maximum absolute atomic E-state index is 13.2. The normalized spacial score (nSPS) is 15.4. The number of benzene rings is 1. The van der Waals surface area contributed by atoms with Crippen molar-refractivity contribution in [2.75, 3.05) is 45.2 Å². The SMILES string of the molecule is CN(C)C(=O)C1CCN(CC(=O)N(CCC(N)=O)c2ccc(F)cc2)CC1. The van der Waals surface area contributed by atoms with Crippen molar-refractivity contribution in [3.8, 4) is 0 Å². The fourth-order valence-corrected chi connectivity index (χ4v) is 3.22. The van der Waals surface area contributed by atoms with Crippen LogP contribution in [0, 0.1) is 11.7 Å². The number of nitrogens with zero attached hydrogens (tertiary/aromatic N) is 3. The van der Waals surface area contributed by atoms with Gasteiger partial charge in [-0.15, -0.1) is 0 Å². The van der Waals surface area contributed by atoms with E-state index in [1.165, 1.54) is 29.2 Å². The Bertz CT molecular complexity index is 670. The maximum atomic E-state index is 13.2. The molecule has 1 aliphatic rings. The molecular weight excluding hydrogens is 351 g/mol. The Hall–Kier alpha value is -2.48. The molecule has 3 amide bonds. The van der Waals surface area contributed by atoms with Gasteiger partial charge in [0.15, 0.2) is 0 Å². The summed E-state index contributed by atoms with van der Waals surface area (Å²) in [6, 6.07) is 5.57. The van der Waals surface area contributed by atoms with Crippen LogP contribution in [0.5, 0.6) is 0 Å². The number of likely N-dealkylation sites (tertiary alicyclic amines) is 1. The summed E-state index contributed by atoms with van der Waals surface area (Å²) in [6.45, 7) is 1.64. The highest BCUT2D eigenvalue weighted by atomic mass is 19.1. The topological polar surface area (TPSA) is 87.0 Å². The van der Waals surface area contributed by atoms with Crippen LogP contribution in [0.1, 0.15) is 19.3 Å². The van der Waals surface area contributed by atoms with E-state index in [9.17, 15) is 18.8 Å². The Morgan fingerprint density at radius 2 is 1.74 bits per heavy atom. The standard InChI is InChI=1S/C19H27FN4O3/c1-22(2)19(27)14-7-10-23(11-8-14)13-18(26)24(12-9-17(21)25)16-5-3-15(20)4-6-16/h3-6,14H,7-13H2,1-2H3,(H2,21,25). The number of primary amides is 1. The van der Waals surface area contributed by atoms with Gasteiger partial charge in [0.1, 0.15) is 5.82 Å². The molecule has 0 spiro atoms. The number of amides is 3. The lowest BCUT2D eigenvalue weighted by Gasteiger charge is -2.33. The fourth-order valence-electron chi connectivity index (χ4n) is 3.22. The maximum Gasteiger partial charge on any atom is 0.241 e. The average Bonchev–Trinajstić information content (AvgIpc) is 2.63. The third-order valence-corrected chi connectivity index (χ3v) is 4.76. The van der Waals surface area contributed by atoms with Gasteiger partial charge in [0.2, 0.25) is 17.7 Å². The first-order valence-corrected chi connectivity index (χ1v) is 9.05. The van der Waals surface area contributed by atoms with Crippen LogP contribution < -0.4 is 10.6 Å². The van der Waals surface area contributed by atoms with Crippen molar-refractivity contribution >= 4 is 23.4 Å². The predicted octanol–water partition coefficient (Wildman–Crippen LogP) is 0.834. The third-order valence-electron chi connectivity index (χ3n) is 4.76. The first kappa shape index (κ1) is 20.8. The summed E-state index contributed by atoms with van der Waals surface area (Å²) >= 11 is 0. The van der Waals surface area contributed by atoms with Gasteiger partial charge in [0.25, 0.3) is 0 Å². The van der Waals surface area contributed by atoms with E-state index < -0.39 is 11.7 Å². The van der Waals surface area contributed by atoms with Crippen molar-refractivity contribution < 1.29 is 18.8 Å². The Morgan fingerprint density at radius 1 is 1.15 bits per heavy atom. The van der Waals surface area contributed by atoms with E-state index in [2.05, 4.69) is 0 Å². The summed E-state index contributed by atoms with van der Waals surface area (Å²) in [5, 5.41) is 0. The van der Waals surface area contributed by atoms with Crippen LogP contribution in [0.15, 0.2) is 24.3 Å². The molecule has 1 aromatic carbocycles. The van der Waals surface area contributed by atoms with Crippen LogP contribution >= 0.6 is 0 Å². The van der Waals surface area contributed by atoms with E-state index in [0.29, 0.717) is 31.6 Å². The van der Waals surface area contributed by atoms with E-state index in [1.807, 2.05) is 4.90 Å². The minimum atomic E-state index is -0.502. The van der Waals surface area contributed by atoms with Gasteiger partial charge in [-0.2, -0.15) is 0 Å². The van der Waals surface area contributed by atoms with Gasteiger partial charge in [-0.3, -0.25) is 19.3 Å². The summed E-state index contributed by atoms with van der Waals surface area (Å²) in [5.74, 6) is -0.961. The second-order valence-corrected chi connectivity index (χ2v) is 7.02. The Kier molecular flexibility index (Phi) is 7.29. The quantitative estimate of drug-likeness (QED) is 0.762. The summed E-state index contributed by atoms with van der Waals surface area (Å²) in [5.41, 5.74) is 5.74. The second kappa shape index (κ2) is 9.45. The Morgan fingerprint density at radius 3 is 2.26 bits per heavy atom. The second-order valence-electron chi connectivity index (χ2n) is 7.02. The highest BCUT2D eigenvalue weighted by Gasteiger charge is 2.28. The number of carbonyl (C=O) groups excluding carboxylic acids is 3. The van der Waals surface area contributed by atoms with Crippen LogP contribution in [-0.4, -0.2) is 67.8 Å². The molecule has 2 N–H and O–H groups in total. The molecule has 0 bridgehead atoms. The van der Waals surface area contributed by atoms with Gasteiger partial charge in [-0.05, 0) is 50.2 Å². The van der Waals surface area contributed by atoms with Crippen molar-refractivity contribution in [3.05, 3.63) is 30.1 Å². The van der Waals surface area contributed by atoms with Crippen LogP contribution in [0.4, 0.5) is 10.1 Å². The molecule has 0 aliphatic carbocycles. The molecule has 1 saturated heterocycles. The molecule has 148 valence electrons. The highest BCUT2D eigenvalue weighted by molar-refractivity contribution is 5.95. The van der Waals surface area contributed by atoms with Crippen molar-refractivity contribution in [2.45, 2.75) is 19.3 Å². The molecule has 0 aromatic heterocycles. The molecule has 1 fully saturated rings. The molecule has 2 rings (SSSR count). The van der Waals surface area contributed by atoms with Crippen LogP contribution in [0.2, 0.25) is 0 Å². The summed E-state index contributed by atoms with van der Waals surface area (Å²) < 4.78 is 13.2. The highest BCUT2D eigenvalue weighted by Crippen LogP contribution is 2.20. The number of hydrogen-bond acceptors (Lipinski definition) is 4. The lowest BCUT2D eigenvalue weighted by Crippen LogP contribution is -2.46. The fraction of sp³-hybridized carbons (Fsp3) is 0.526. The number of rotatable bonds is 7. The monoisotopic (exact) mass is 378 g/mol. The van der Waals surface area contributed by atoms with Crippen molar-refractivity contribution in [2.24, 2.45) is 11.7 Å². The van der Waals surface area contributed by atoms with Gasteiger partial charge in [0.05, 0.1) is 6.54 Å². The zero-order valence-electron chi connectivity index (χ0n) is 15.9. The number of halogens is 1. The number of hydrogen-bond donors (Lipinski definition) is 1. The van der Waals surface area contributed by atoms with E-state index in [4.69, 9.17) is 5.73 Å². The molecule has 8 heteroatoms. The molecule has 27 heavy (non-hydrogen) atoms. The first-order chi connectivity index (χ1) is 12.8. The predicted molar refractivity (Wildman–Crippen MR) is 100 cm³/mol. The van der Waals surface area contributed by atoms with Gasteiger partial charge >= 0.3 is 0 Å². The molecule has 0 radical (unpaired) electrons. The number of piperidine rings is 1. The van der Waals surface area contributed by atoms with E-state index in [-0.39, 0.29) is 37.2 Å². The molecule has 1 heterocycles. The lowest BCUT2D eigenvalue weighted by atomic mass is 9.95. The molecule has 7 nitrogen and oxygen atoms in total. The molecule has 1 aliphatic heterocycles. The number of carbonyl (C=O) groups is 3. The third kappa shape index (κ3) is 6.02. The molecular formula is C19H27FN4O3. The minimum Gasteiger partial charge on any atom is -0.370 e. The zero-order valence-corrected chi connectivity index (χ0v) is 15.9. The smallest absolute Gasteiger partial charge is 0.241 e. The molecule has 0 unspecified atom stereocenters. The number of anilines is 1. The summed E-state index contributed by atoms with van der Waals surface area (Å²) in [7, 11) is 3.50. The van der Waals surface area contributed by atoms with Crippen LogP contribution in [0.25, 0.3) is 0 Å². The van der Waals surface area contributed by atoms with Crippen molar-refractivity contribution in [1.82, 2.24) is 9.80 Å². The van der Waals surface area contributed by atoms with Gasteiger partial charge in [-0.25, -0.2) is 4.39 Å². The number of nitrogens with two attached hydrogens (primary N) is 1. The molecule has 1 aromatic rings. The Balaban J connectivity index is 1.98. The molecule has 0 atom stereocenters. The first-order valence-electron chi connectivity index (χ1n) is 9.05. The lowest BCUT2D eigenvalue weighted by molar-refractivity contribution is -0.134. The molecule has 0 saturated carbocycles. The van der Waals surface area contributed by atoms with Crippen LogP contribution in [-0.2, 0) is 14.4 Å². The largest absolute Gasteiger partial charge is 0.370 e. The van der Waals surface area contributed by atoms with E-state index >= 15 is 0 Å². The van der Waals surface area contributed by atoms with Gasteiger partial charge in [-0.1, -0.05) is 0 Å². The van der Waals surface area contributed by atoms with Crippen molar-refractivity contribution in [1.29, 1.82) is 0 Å². The minimum absolute atomic E-state index is 0.00517. The summed E-state index contributed by atoms with van der Waals surface area (Å²) in [6.07, 6.45) is 1.45. The van der Waals surface area contributed by atoms with Crippen LogP contribution in [0.3, 0.4) is 0 Å². The Labute approximate surface area is 158 Å². The van der Waals surface area contributed by atoms with E-state index in [1.54, 1.807) is 19.0 Å². The van der Waals surface area contributed by atoms with Gasteiger partial charge in [0, 0.05) is 38.7 Å². The van der Waals surface area contributed by atoms with Gasteiger partial charge < -0.3 is 15.5 Å². The average molecular weight is 378 g/mol. The summed E-state index contributed by atoms with van der Waals surface area (Å²) in [4.78, 5) is 41.1. The van der Waals surface area contributed by atoms with Crippen molar-refractivity contribution in [3.63, 3.8) is 0 Å².